The zero-order valence-corrected chi connectivity index (χ0v) is 14.2. The van der Waals surface area contributed by atoms with Crippen LogP contribution in [0.4, 0.5) is 5.82 Å². The molecule has 0 amide bonds. The molecule has 0 bridgehead atoms. The summed E-state index contributed by atoms with van der Waals surface area (Å²) in [6, 6.07) is 13.8. The first-order valence-corrected chi connectivity index (χ1v) is 7.89. The molecule has 0 spiro atoms. The zero-order chi connectivity index (χ0) is 16.9. The molecule has 0 radical (unpaired) electrons. The minimum absolute atomic E-state index is 0.586. The Balaban J connectivity index is 1.57. The molecule has 0 aliphatic rings. The highest BCUT2D eigenvalue weighted by molar-refractivity contribution is 5.38. The van der Waals surface area contributed by atoms with E-state index in [1.165, 1.54) is 0 Å². The summed E-state index contributed by atoms with van der Waals surface area (Å²) >= 11 is 0. The fourth-order valence-electron chi connectivity index (χ4n) is 2.31. The maximum atomic E-state index is 5.82. The Morgan fingerprint density at radius 2 is 1.88 bits per heavy atom. The van der Waals surface area contributed by atoms with E-state index in [4.69, 9.17) is 4.74 Å². The number of rotatable bonds is 6. The van der Waals surface area contributed by atoms with E-state index in [9.17, 15) is 0 Å². The van der Waals surface area contributed by atoms with Gasteiger partial charge in [0.25, 0.3) is 0 Å². The summed E-state index contributed by atoms with van der Waals surface area (Å²) in [6.45, 7) is 5.30. The lowest BCUT2D eigenvalue weighted by Crippen LogP contribution is -2.25. The fraction of sp³-hybridized carbons (Fsp3) is 0.278. The van der Waals surface area contributed by atoms with Crippen molar-refractivity contribution in [2.45, 2.75) is 13.8 Å². The summed E-state index contributed by atoms with van der Waals surface area (Å²) in [5, 5.41) is 12.8. The molecule has 3 aromatic rings. The van der Waals surface area contributed by atoms with Gasteiger partial charge in [0.1, 0.15) is 12.4 Å². The molecule has 0 saturated heterocycles. The quantitative estimate of drug-likeness (QED) is 0.698. The topological polar surface area (TPSA) is 56.1 Å². The molecule has 0 fully saturated rings. The van der Waals surface area contributed by atoms with Crippen molar-refractivity contribution >= 4 is 5.82 Å². The van der Waals surface area contributed by atoms with E-state index in [1.54, 1.807) is 4.68 Å². The van der Waals surface area contributed by atoms with Gasteiger partial charge in [-0.15, -0.1) is 10.2 Å². The Labute approximate surface area is 141 Å². The van der Waals surface area contributed by atoms with E-state index in [2.05, 4.69) is 15.3 Å². The van der Waals surface area contributed by atoms with Gasteiger partial charge in [-0.3, -0.25) is 0 Å². The lowest BCUT2D eigenvalue weighted by Gasteiger charge is -2.18. The fourth-order valence-corrected chi connectivity index (χ4v) is 2.31. The summed E-state index contributed by atoms with van der Waals surface area (Å²) in [7, 11) is 1.98. The highest BCUT2D eigenvalue weighted by Gasteiger charge is 2.06. The maximum Gasteiger partial charge on any atom is 0.175 e. The molecule has 24 heavy (non-hydrogen) atoms. The van der Waals surface area contributed by atoms with Gasteiger partial charge in [0, 0.05) is 13.2 Å². The van der Waals surface area contributed by atoms with Crippen LogP contribution in [0.25, 0.3) is 5.82 Å². The van der Waals surface area contributed by atoms with Crippen molar-refractivity contribution in [3.05, 3.63) is 59.9 Å². The van der Waals surface area contributed by atoms with Gasteiger partial charge in [0.2, 0.25) is 0 Å². The lowest BCUT2D eigenvalue weighted by molar-refractivity contribution is 0.323. The predicted molar refractivity (Wildman–Crippen MR) is 93.8 cm³/mol. The third-order valence-electron chi connectivity index (χ3n) is 3.76. The number of hydrogen-bond acceptors (Lipinski definition) is 5. The van der Waals surface area contributed by atoms with Crippen LogP contribution in [0.2, 0.25) is 0 Å². The second kappa shape index (κ2) is 7.12. The molecule has 2 heterocycles. The Morgan fingerprint density at radius 1 is 1.04 bits per heavy atom. The number of aromatic nitrogens is 4. The second-order valence-electron chi connectivity index (χ2n) is 5.69. The minimum atomic E-state index is 0.586. The number of aryl methyl sites for hydroxylation is 2. The van der Waals surface area contributed by atoms with Crippen LogP contribution < -0.4 is 9.64 Å². The molecule has 6 heteroatoms. The third kappa shape index (κ3) is 3.71. The van der Waals surface area contributed by atoms with E-state index in [0.717, 1.165) is 29.4 Å². The van der Waals surface area contributed by atoms with Crippen LogP contribution in [-0.4, -0.2) is 40.2 Å². The van der Waals surface area contributed by atoms with Crippen LogP contribution in [0.15, 0.2) is 48.7 Å². The molecule has 0 atom stereocenters. The third-order valence-corrected chi connectivity index (χ3v) is 3.76. The highest BCUT2D eigenvalue weighted by atomic mass is 16.5. The van der Waals surface area contributed by atoms with Gasteiger partial charge >= 0.3 is 0 Å². The molecule has 0 unspecified atom stereocenters. The number of hydrogen-bond donors (Lipinski definition) is 0. The van der Waals surface area contributed by atoms with E-state index in [0.29, 0.717) is 12.4 Å². The largest absolute Gasteiger partial charge is 0.491 e. The molecule has 0 saturated carbocycles. The molecule has 1 aromatic carbocycles. The number of para-hydroxylation sites is 1. The van der Waals surface area contributed by atoms with Gasteiger partial charge in [0.05, 0.1) is 12.2 Å². The van der Waals surface area contributed by atoms with Crippen molar-refractivity contribution in [2.24, 2.45) is 0 Å². The van der Waals surface area contributed by atoms with E-state index in [1.807, 2.05) is 74.5 Å². The van der Waals surface area contributed by atoms with Crippen LogP contribution in [0.3, 0.4) is 0 Å². The summed E-state index contributed by atoms with van der Waals surface area (Å²) in [4.78, 5) is 2.02. The number of nitrogens with zero attached hydrogens (tertiary/aromatic N) is 5. The summed E-state index contributed by atoms with van der Waals surface area (Å²) in [5.41, 5.74) is 2.09. The average Bonchev–Trinajstić information content (AvgIpc) is 3.03. The van der Waals surface area contributed by atoms with E-state index >= 15 is 0 Å². The zero-order valence-electron chi connectivity index (χ0n) is 14.2. The molecule has 6 nitrogen and oxygen atoms in total. The standard InChI is InChI=1S/C18H21N5O/c1-14-6-4-5-7-16(14)24-13-12-22(3)17-8-9-18(20-19-17)23-11-10-15(2)21-23/h4-11H,12-13H2,1-3H3. The Bertz CT molecular complexity index is 797. The average molecular weight is 323 g/mol. The van der Waals surface area contributed by atoms with Gasteiger partial charge < -0.3 is 9.64 Å². The molecular formula is C18H21N5O. The number of benzene rings is 1. The number of likely N-dealkylation sites (N-methyl/N-ethyl adjacent to an activating group) is 1. The summed E-state index contributed by atoms with van der Waals surface area (Å²) in [6.07, 6.45) is 1.87. The first-order valence-electron chi connectivity index (χ1n) is 7.89. The first kappa shape index (κ1) is 16.0. The molecule has 0 N–H and O–H groups in total. The van der Waals surface area contributed by atoms with Crippen LogP contribution in [-0.2, 0) is 0 Å². The molecular weight excluding hydrogens is 302 g/mol. The second-order valence-corrected chi connectivity index (χ2v) is 5.69. The van der Waals surface area contributed by atoms with Gasteiger partial charge in [-0.2, -0.15) is 5.10 Å². The predicted octanol–water partition coefficient (Wildman–Crippen LogP) is 2.79. The van der Waals surface area contributed by atoms with Crippen molar-refractivity contribution < 1.29 is 4.74 Å². The Kier molecular flexibility index (Phi) is 4.74. The van der Waals surface area contributed by atoms with Crippen LogP contribution in [0.1, 0.15) is 11.3 Å². The Hall–Kier alpha value is -2.89. The van der Waals surface area contributed by atoms with Crippen LogP contribution in [0.5, 0.6) is 5.75 Å². The van der Waals surface area contributed by atoms with Gasteiger partial charge in [-0.05, 0) is 43.7 Å². The first-order chi connectivity index (χ1) is 11.6. The SMILES string of the molecule is Cc1ccn(-c2ccc(N(C)CCOc3ccccc3C)nn2)n1. The normalized spacial score (nSPS) is 10.6. The molecule has 3 rings (SSSR count). The molecule has 0 aliphatic heterocycles. The van der Waals surface area contributed by atoms with Crippen molar-refractivity contribution in [3.63, 3.8) is 0 Å². The molecule has 2 aromatic heterocycles. The summed E-state index contributed by atoms with van der Waals surface area (Å²) in [5.74, 6) is 2.42. The van der Waals surface area contributed by atoms with Gasteiger partial charge in [-0.1, -0.05) is 18.2 Å². The number of anilines is 1. The van der Waals surface area contributed by atoms with Crippen molar-refractivity contribution in [2.75, 3.05) is 25.1 Å². The van der Waals surface area contributed by atoms with Crippen molar-refractivity contribution in [3.8, 4) is 11.6 Å². The van der Waals surface area contributed by atoms with E-state index in [-0.39, 0.29) is 0 Å². The van der Waals surface area contributed by atoms with Crippen molar-refractivity contribution in [1.29, 1.82) is 0 Å². The summed E-state index contributed by atoms with van der Waals surface area (Å²) < 4.78 is 7.54. The minimum Gasteiger partial charge on any atom is -0.491 e. The molecule has 0 aliphatic carbocycles. The van der Waals surface area contributed by atoms with E-state index < -0.39 is 0 Å². The highest BCUT2D eigenvalue weighted by Crippen LogP contribution is 2.16. The molecule has 124 valence electrons. The van der Waals surface area contributed by atoms with Crippen LogP contribution in [0, 0.1) is 13.8 Å². The van der Waals surface area contributed by atoms with Crippen LogP contribution >= 0.6 is 0 Å². The Morgan fingerprint density at radius 3 is 2.54 bits per heavy atom. The van der Waals surface area contributed by atoms with Gasteiger partial charge in [0.15, 0.2) is 11.6 Å². The maximum absolute atomic E-state index is 5.82. The van der Waals surface area contributed by atoms with Gasteiger partial charge in [-0.25, -0.2) is 4.68 Å². The van der Waals surface area contributed by atoms with Crippen molar-refractivity contribution in [1.82, 2.24) is 20.0 Å². The smallest absolute Gasteiger partial charge is 0.175 e. The number of ether oxygens (including phenoxy) is 1. The monoisotopic (exact) mass is 323 g/mol. The lowest BCUT2D eigenvalue weighted by atomic mass is 10.2.